The largest absolute Gasteiger partial charge is 0.391 e. The van der Waals surface area contributed by atoms with Gasteiger partial charge in [-0.3, -0.25) is 0 Å². The van der Waals surface area contributed by atoms with Gasteiger partial charge in [0.1, 0.15) is 5.76 Å². The van der Waals surface area contributed by atoms with Crippen molar-refractivity contribution >= 4 is 0 Å². The van der Waals surface area contributed by atoms with Crippen molar-refractivity contribution in [1.82, 2.24) is 5.16 Å². The molecular formula is C8H13NO2. The monoisotopic (exact) mass is 155 g/mol. The molecule has 0 atom stereocenters. The molecule has 0 amide bonds. The standard InChI is InChI=1S/C8H13NO2/c1-3-4-8-7(5-10)6(2)9-11-8/h10H,3-5H2,1-2H3. The van der Waals surface area contributed by atoms with Crippen molar-refractivity contribution < 1.29 is 9.63 Å². The second-order valence-corrected chi connectivity index (χ2v) is 2.58. The van der Waals surface area contributed by atoms with Crippen molar-refractivity contribution in [2.45, 2.75) is 33.3 Å². The van der Waals surface area contributed by atoms with Gasteiger partial charge in [-0.05, 0) is 13.3 Å². The molecule has 1 N–H and O–H groups in total. The smallest absolute Gasteiger partial charge is 0.142 e. The fraction of sp³-hybridized carbons (Fsp3) is 0.625. The second kappa shape index (κ2) is 3.53. The average molecular weight is 155 g/mol. The molecule has 0 radical (unpaired) electrons. The van der Waals surface area contributed by atoms with E-state index in [4.69, 9.17) is 9.63 Å². The van der Waals surface area contributed by atoms with Gasteiger partial charge < -0.3 is 9.63 Å². The highest BCUT2D eigenvalue weighted by Gasteiger charge is 2.09. The zero-order chi connectivity index (χ0) is 8.27. The number of aryl methyl sites for hydroxylation is 2. The van der Waals surface area contributed by atoms with E-state index < -0.39 is 0 Å². The van der Waals surface area contributed by atoms with Crippen molar-refractivity contribution in [3.8, 4) is 0 Å². The van der Waals surface area contributed by atoms with Crippen LogP contribution in [0.3, 0.4) is 0 Å². The second-order valence-electron chi connectivity index (χ2n) is 2.58. The number of aliphatic hydroxyl groups excluding tert-OH is 1. The third-order valence-corrected chi connectivity index (χ3v) is 1.70. The van der Waals surface area contributed by atoms with E-state index in [0.29, 0.717) is 0 Å². The first kappa shape index (κ1) is 8.27. The Bertz CT molecular complexity index is 230. The van der Waals surface area contributed by atoms with Crippen LogP contribution >= 0.6 is 0 Å². The average Bonchev–Trinajstić information content (AvgIpc) is 2.33. The van der Waals surface area contributed by atoms with Crippen molar-refractivity contribution in [2.75, 3.05) is 0 Å². The molecule has 11 heavy (non-hydrogen) atoms. The Labute approximate surface area is 66.0 Å². The number of aliphatic hydroxyl groups is 1. The number of hydrogen-bond donors (Lipinski definition) is 1. The van der Waals surface area contributed by atoms with E-state index >= 15 is 0 Å². The van der Waals surface area contributed by atoms with Crippen LogP contribution in [0.15, 0.2) is 4.52 Å². The van der Waals surface area contributed by atoms with Crippen LogP contribution in [0.1, 0.15) is 30.4 Å². The minimum atomic E-state index is 0.0324. The summed E-state index contributed by atoms with van der Waals surface area (Å²) < 4.78 is 5.02. The van der Waals surface area contributed by atoms with E-state index in [1.165, 1.54) is 0 Å². The number of hydrogen-bond acceptors (Lipinski definition) is 3. The van der Waals surface area contributed by atoms with Crippen LogP contribution in [0.25, 0.3) is 0 Å². The third-order valence-electron chi connectivity index (χ3n) is 1.70. The van der Waals surface area contributed by atoms with Crippen LogP contribution in [0.2, 0.25) is 0 Å². The molecule has 0 aliphatic carbocycles. The summed E-state index contributed by atoms with van der Waals surface area (Å²) in [6.45, 7) is 3.94. The predicted octanol–water partition coefficient (Wildman–Crippen LogP) is 1.43. The molecule has 1 aromatic rings. The lowest BCUT2D eigenvalue weighted by Crippen LogP contribution is -1.90. The van der Waals surface area contributed by atoms with Crippen LogP contribution in [-0.2, 0) is 13.0 Å². The van der Waals surface area contributed by atoms with Gasteiger partial charge in [0, 0.05) is 12.0 Å². The third kappa shape index (κ3) is 1.60. The van der Waals surface area contributed by atoms with Crippen molar-refractivity contribution in [3.63, 3.8) is 0 Å². The van der Waals surface area contributed by atoms with Crippen molar-refractivity contribution in [3.05, 3.63) is 17.0 Å². The highest BCUT2D eigenvalue weighted by Crippen LogP contribution is 2.14. The minimum Gasteiger partial charge on any atom is -0.391 e. The molecule has 1 aromatic heterocycles. The molecule has 0 spiro atoms. The zero-order valence-electron chi connectivity index (χ0n) is 6.92. The van der Waals surface area contributed by atoms with Gasteiger partial charge in [0.15, 0.2) is 0 Å². The topological polar surface area (TPSA) is 46.3 Å². The summed E-state index contributed by atoms with van der Waals surface area (Å²) in [5.41, 5.74) is 1.66. The van der Waals surface area contributed by atoms with E-state index in [-0.39, 0.29) is 6.61 Å². The Kier molecular flexibility index (Phi) is 2.65. The van der Waals surface area contributed by atoms with Crippen LogP contribution in [0, 0.1) is 6.92 Å². The summed E-state index contributed by atoms with van der Waals surface area (Å²) in [5.74, 6) is 0.826. The van der Waals surface area contributed by atoms with Crippen molar-refractivity contribution in [2.24, 2.45) is 0 Å². The summed E-state index contributed by atoms with van der Waals surface area (Å²) in [5, 5.41) is 12.7. The molecule has 1 rings (SSSR count). The molecule has 0 saturated carbocycles. The lowest BCUT2D eigenvalue weighted by atomic mass is 10.1. The van der Waals surface area contributed by atoms with Crippen LogP contribution < -0.4 is 0 Å². The number of nitrogens with zero attached hydrogens (tertiary/aromatic N) is 1. The first-order chi connectivity index (χ1) is 5.29. The maximum Gasteiger partial charge on any atom is 0.142 e. The minimum absolute atomic E-state index is 0.0324. The Balaban J connectivity index is 2.86. The van der Waals surface area contributed by atoms with Crippen LogP contribution in [0.4, 0.5) is 0 Å². The summed E-state index contributed by atoms with van der Waals surface area (Å²) in [6.07, 6.45) is 1.87. The Hall–Kier alpha value is -0.830. The van der Waals surface area contributed by atoms with E-state index in [0.717, 1.165) is 29.9 Å². The van der Waals surface area contributed by atoms with E-state index in [1.54, 1.807) is 0 Å². The number of rotatable bonds is 3. The molecule has 0 aromatic carbocycles. The SMILES string of the molecule is CCCc1onc(C)c1CO. The molecule has 3 nitrogen and oxygen atoms in total. The molecule has 0 aliphatic rings. The van der Waals surface area contributed by atoms with Gasteiger partial charge in [-0.1, -0.05) is 12.1 Å². The fourth-order valence-corrected chi connectivity index (χ4v) is 1.06. The summed E-state index contributed by atoms with van der Waals surface area (Å²) in [7, 11) is 0. The molecule has 62 valence electrons. The van der Waals surface area contributed by atoms with Gasteiger partial charge in [-0.2, -0.15) is 0 Å². The predicted molar refractivity (Wildman–Crippen MR) is 41.2 cm³/mol. The Morgan fingerprint density at radius 1 is 1.55 bits per heavy atom. The Morgan fingerprint density at radius 3 is 2.82 bits per heavy atom. The number of aromatic nitrogens is 1. The lowest BCUT2D eigenvalue weighted by Gasteiger charge is -1.94. The van der Waals surface area contributed by atoms with E-state index in [9.17, 15) is 0 Å². The summed E-state index contributed by atoms with van der Waals surface area (Å²) in [6, 6.07) is 0. The van der Waals surface area contributed by atoms with Crippen LogP contribution in [0.5, 0.6) is 0 Å². The maximum atomic E-state index is 8.91. The molecule has 0 saturated heterocycles. The molecule has 0 unspecified atom stereocenters. The normalized spacial score (nSPS) is 10.5. The van der Waals surface area contributed by atoms with Gasteiger partial charge >= 0.3 is 0 Å². The quantitative estimate of drug-likeness (QED) is 0.718. The highest BCUT2D eigenvalue weighted by atomic mass is 16.5. The van der Waals surface area contributed by atoms with Gasteiger partial charge in [0.25, 0.3) is 0 Å². The highest BCUT2D eigenvalue weighted by molar-refractivity contribution is 5.20. The van der Waals surface area contributed by atoms with Crippen LogP contribution in [-0.4, -0.2) is 10.3 Å². The van der Waals surface area contributed by atoms with Gasteiger partial charge in [0.2, 0.25) is 0 Å². The first-order valence-electron chi connectivity index (χ1n) is 3.84. The van der Waals surface area contributed by atoms with Gasteiger partial charge in [0.05, 0.1) is 12.3 Å². The summed E-state index contributed by atoms with van der Waals surface area (Å²) >= 11 is 0. The molecule has 3 heteroatoms. The molecule has 1 heterocycles. The molecular weight excluding hydrogens is 142 g/mol. The van der Waals surface area contributed by atoms with Gasteiger partial charge in [-0.15, -0.1) is 0 Å². The zero-order valence-corrected chi connectivity index (χ0v) is 6.92. The maximum absolute atomic E-state index is 8.91. The first-order valence-corrected chi connectivity index (χ1v) is 3.84. The van der Waals surface area contributed by atoms with Gasteiger partial charge in [-0.25, -0.2) is 0 Å². The molecule has 0 fully saturated rings. The molecule has 0 aliphatic heterocycles. The van der Waals surface area contributed by atoms with Crippen molar-refractivity contribution in [1.29, 1.82) is 0 Å². The summed E-state index contributed by atoms with van der Waals surface area (Å²) in [4.78, 5) is 0. The molecule has 0 bridgehead atoms. The Morgan fingerprint density at radius 2 is 2.27 bits per heavy atom. The fourth-order valence-electron chi connectivity index (χ4n) is 1.06. The van der Waals surface area contributed by atoms with E-state index in [2.05, 4.69) is 12.1 Å². The van der Waals surface area contributed by atoms with E-state index in [1.807, 2.05) is 6.92 Å². The lowest BCUT2D eigenvalue weighted by molar-refractivity contribution is 0.276.